The fourth-order valence-electron chi connectivity index (χ4n) is 1.83. The summed E-state index contributed by atoms with van der Waals surface area (Å²) >= 11 is 0. The molecule has 78 valence electrons. The van der Waals surface area contributed by atoms with Crippen molar-refractivity contribution < 1.29 is 4.79 Å². The smallest absolute Gasteiger partial charge is 0.133 e. The van der Waals surface area contributed by atoms with Crippen LogP contribution in [0.1, 0.15) is 60.3 Å². The second kappa shape index (κ2) is 5.41. The Morgan fingerprint density at radius 2 is 1.85 bits per heavy atom. The van der Waals surface area contributed by atoms with Crippen molar-refractivity contribution in [2.45, 2.75) is 60.3 Å². The van der Waals surface area contributed by atoms with Crippen LogP contribution >= 0.6 is 0 Å². The predicted molar refractivity (Wildman–Crippen MR) is 57.8 cm³/mol. The molecule has 0 N–H and O–H groups in total. The summed E-state index contributed by atoms with van der Waals surface area (Å²) in [6, 6.07) is 0. The van der Waals surface area contributed by atoms with Crippen molar-refractivity contribution >= 4 is 5.78 Å². The molecular weight excluding hydrogens is 160 g/mol. The largest absolute Gasteiger partial charge is 0.300 e. The molecule has 0 saturated heterocycles. The van der Waals surface area contributed by atoms with Gasteiger partial charge in [0.25, 0.3) is 0 Å². The van der Waals surface area contributed by atoms with Crippen LogP contribution in [0, 0.1) is 11.3 Å². The molecule has 0 aliphatic carbocycles. The Hall–Kier alpha value is -0.330. The maximum absolute atomic E-state index is 11.5. The molecule has 13 heavy (non-hydrogen) atoms. The SMILES string of the molecule is CCCC(C)(C)CC(=O)CC(C)C. The molecule has 0 aromatic heterocycles. The average molecular weight is 184 g/mol. The van der Waals surface area contributed by atoms with Gasteiger partial charge in [-0.15, -0.1) is 0 Å². The average Bonchev–Trinajstić information content (AvgIpc) is 1.81. The summed E-state index contributed by atoms with van der Waals surface area (Å²) in [4.78, 5) is 11.5. The van der Waals surface area contributed by atoms with Crippen molar-refractivity contribution in [1.29, 1.82) is 0 Å². The third-order valence-electron chi connectivity index (χ3n) is 2.24. The summed E-state index contributed by atoms with van der Waals surface area (Å²) in [6.45, 7) is 10.8. The van der Waals surface area contributed by atoms with Crippen LogP contribution in [0.15, 0.2) is 0 Å². The normalized spacial score (nSPS) is 12.2. The monoisotopic (exact) mass is 184 g/mol. The quantitative estimate of drug-likeness (QED) is 0.613. The summed E-state index contributed by atoms with van der Waals surface area (Å²) < 4.78 is 0. The third-order valence-corrected chi connectivity index (χ3v) is 2.24. The van der Waals surface area contributed by atoms with E-state index in [4.69, 9.17) is 0 Å². The second-order valence-electron chi connectivity index (χ2n) is 5.23. The molecule has 0 atom stereocenters. The lowest BCUT2D eigenvalue weighted by molar-refractivity contribution is -0.121. The van der Waals surface area contributed by atoms with Gasteiger partial charge >= 0.3 is 0 Å². The predicted octanol–water partition coefficient (Wildman–Crippen LogP) is 3.82. The zero-order valence-corrected chi connectivity index (χ0v) is 9.81. The zero-order chi connectivity index (χ0) is 10.5. The number of hydrogen-bond acceptors (Lipinski definition) is 1. The molecule has 0 unspecified atom stereocenters. The molecule has 0 spiro atoms. The number of carbonyl (C=O) groups excluding carboxylic acids is 1. The molecule has 0 bridgehead atoms. The van der Waals surface area contributed by atoms with Gasteiger partial charge in [0.1, 0.15) is 5.78 Å². The lowest BCUT2D eigenvalue weighted by atomic mass is 9.82. The number of carbonyl (C=O) groups is 1. The van der Waals surface area contributed by atoms with Crippen LogP contribution in [0.2, 0.25) is 0 Å². The second-order valence-corrected chi connectivity index (χ2v) is 5.23. The molecule has 0 saturated carbocycles. The molecule has 0 heterocycles. The van der Waals surface area contributed by atoms with E-state index in [2.05, 4.69) is 34.6 Å². The fraction of sp³-hybridized carbons (Fsp3) is 0.917. The van der Waals surface area contributed by atoms with E-state index >= 15 is 0 Å². The van der Waals surface area contributed by atoms with Crippen molar-refractivity contribution in [2.24, 2.45) is 11.3 Å². The number of hydrogen-bond donors (Lipinski definition) is 0. The van der Waals surface area contributed by atoms with Crippen LogP contribution < -0.4 is 0 Å². The highest BCUT2D eigenvalue weighted by Gasteiger charge is 2.20. The van der Waals surface area contributed by atoms with Gasteiger partial charge in [-0.05, 0) is 17.8 Å². The van der Waals surface area contributed by atoms with Gasteiger partial charge in [0.15, 0.2) is 0 Å². The minimum Gasteiger partial charge on any atom is -0.300 e. The molecule has 1 heteroatoms. The highest BCUT2D eigenvalue weighted by Crippen LogP contribution is 2.27. The Labute approximate surface area is 82.9 Å². The lowest BCUT2D eigenvalue weighted by Crippen LogP contribution is -2.17. The van der Waals surface area contributed by atoms with Crippen LogP contribution in [0.4, 0.5) is 0 Å². The Bertz CT molecular complexity index is 157. The van der Waals surface area contributed by atoms with E-state index in [1.165, 1.54) is 6.42 Å². The number of rotatable bonds is 6. The van der Waals surface area contributed by atoms with Crippen molar-refractivity contribution in [3.63, 3.8) is 0 Å². The van der Waals surface area contributed by atoms with E-state index in [-0.39, 0.29) is 5.41 Å². The van der Waals surface area contributed by atoms with Gasteiger partial charge in [0.2, 0.25) is 0 Å². The van der Waals surface area contributed by atoms with Crippen LogP contribution in [-0.2, 0) is 4.79 Å². The summed E-state index contributed by atoms with van der Waals surface area (Å²) in [5.41, 5.74) is 0.209. The number of ketones is 1. The van der Waals surface area contributed by atoms with Gasteiger partial charge in [0.05, 0.1) is 0 Å². The topological polar surface area (TPSA) is 17.1 Å². The minimum absolute atomic E-state index is 0.209. The molecule has 1 nitrogen and oxygen atoms in total. The van der Waals surface area contributed by atoms with Gasteiger partial charge in [0, 0.05) is 12.8 Å². The first-order valence-electron chi connectivity index (χ1n) is 5.39. The fourth-order valence-corrected chi connectivity index (χ4v) is 1.83. The summed E-state index contributed by atoms with van der Waals surface area (Å²) in [7, 11) is 0. The van der Waals surface area contributed by atoms with Crippen molar-refractivity contribution in [2.75, 3.05) is 0 Å². The molecular formula is C12H24O. The first-order valence-corrected chi connectivity index (χ1v) is 5.39. The minimum atomic E-state index is 0.209. The van der Waals surface area contributed by atoms with Crippen molar-refractivity contribution in [1.82, 2.24) is 0 Å². The standard InChI is InChI=1S/C12H24O/c1-6-7-12(4,5)9-11(13)8-10(2)3/h10H,6-9H2,1-5H3. The Balaban J connectivity index is 3.89. The third kappa shape index (κ3) is 6.80. The van der Waals surface area contributed by atoms with E-state index in [0.717, 1.165) is 19.3 Å². The number of Topliss-reactive ketones (excluding diaryl/α,β-unsaturated/α-hetero) is 1. The van der Waals surface area contributed by atoms with Crippen LogP contribution in [0.25, 0.3) is 0 Å². The molecule has 0 aromatic rings. The Morgan fingerprint density at radius 1 is 1.31 bits per heavy atom. The van der Waals surface area contributed by atoms with Crippen LogP contribution in [0.5, 0.6) is 0 Å². The van der Waals surface area contributed by atoms with Gasteiger partial charge in [-0.3, -0.25) is 4.79 Å². The zero-order valence-electron chi connectivity index (χ0n) is 9.81. The molecule has 0 aliphatic heterocycles. The van der Waals surface area contributed by atoms with Gasteiger partial charge in [-0.1, -0.05) is 41.0 Å². The summed E-state index contributed by atoms with van der Waals surface area (Å²) in [6.07, 6.45) is 3.81. The molecule has 0 radical (unpaired) electrons. The maximum Gasteiger partial charge on any atom is 0.133 e. The van der Waals surface area contributed by atoms with Crippen molar-refractivity contribution in [3.05, 3.63) is 0 Å². The van der Waals surface area contributed by atoms with E-state index < -0.39 is 0 Å². The summed E-state index contributed by atoms with van der Waals surface area (Å²) in [5.74, 6) is 0.929. The van der Waals surface area contributed by atoms with Crippen LogP contribution in [0.3, 0.4) is 0 Å². The maximum atomic E-state index is 11.5. The Morgan fingerprint density at radius 3 is 2.23 bits per heavy atom. The van der Waals surface area contributed by atoms with Crippen LogP contribution in [-0.4, -0.2) is 5.78 Å². The highest BCUT2D eigenvalue weighted by atomic mass is 16.1. The van der Waals surface area contributed by atoms with E-state index in [1.807, 2.05) is 0 Å². The first-order chi connectivity index (χ1) is 5.87. The molecule has 0 rings (SSSR count). The summed E-state index contributed by atoms with van der Waals surface area (Å²) in [5, 5.41) is 0. The van der Waals surface area contributed by atoms with Crippen molar-refractivity contribution in [3.8, 4) is 0 Å². The van der Waals surface area contributed by atoms with E-state index in [0.29, 0.717) is 11.7 Å². The highest BCUT2D eigenvalue weighted by molar-refractivity contribution is 5.79. The van der Waals surface area contributed by atoms with Gasteiger partial charge < -0.3 is 0 Å². The molecule has 0 fully saturated rings. The van der Waals surface area contributed by atoms with Gasteiger partial charge in [-0.2, -0.15) is 0 Å². The molecule has 0 aromatic carbocycles. The van der Waals surface area contributed by atoms with E-state index in [1.54, 1.807) is 0 Å². The van der Waals surface area contributed by atoms with E-state index in [9.17, 15) is 4.79 Å². The first kappa shape index (κ1) is 12.7. The van der Waals surface area contributed by atoms with Gasteiger partial charge in [-0.25, -0.2) is 0 Å². The molecule has 0 aliphatic rings. The Kier molecular flexibility index (Phi) is 5.27. The lowest BCUT2D eigenvalue weighted by Gasteiger charge is -2.23. The molecule has 0 amide bonds.